The lowest BCUT2D eigenvalue weighted by Gasteiger charge is -2.26. The average molecular weight is 283 g/mol. The predicted octanol–water partition coefficient (Wildman–Crippen LogP) is 0.753. The van der Waals surface area contributed by atoms with Gasteiger partial charge < -0.3 is 9.88 Å². The van der Waals surface area contributed by atoms with Gasteiger partial charge in [-0.25, -0.2) is 13.6 Å². The van der Waals surface area contributed by atoms with Crippen LogP contribution in [-0.4, -0.2) is 24.9 Å². The second-order valence-electron chi connectivity index (χ2n) is 5.35. The standard InChI is InChI=1S/C12H17N3O3S/c13-19(17,18)10-6-11(15(7-10)9-4-5-9)12(16)14-8-2-1-3-8/h6-9H,1-5H2,(H,14,16)(H2,13,17,18). The van der Waals surface area contributed by atoms with Gasteiger partial charge in [-0.1, -0.05) is 0 Å². The smallest absolute Gasteiger partial charge is 0.268 e. The van der Waals surface area contributed by atoms with Gasteiger partial charge in [-0.15, -0.1) is 0 Å². The van der Waals surface area contributed by atoms with Crippen LogP contribution < -0.4 is 10.5 Å². The first-order chi connectivity index (χ1) is 8.95. The summed E-state index contributed by atoms with van der Waals surface area (Å²) in [6, 6.07) is 1.84. The summed E-state index contributed by atoms with van der Waals surface area (Å²) in [5, 5.41) is 8.05. The lowest BCUT2D eigenvalue weighted by atomic mass is 9.93. The van der Waals surface area contributed by atoms with Crippen LogP contribution in [0, 0.1) is 0 Å². The lowest BCUT2D eigenvalue weighted by molar-refractivity contribution is 0.0907. The second-order valence-corrected chi connectivity index (χ2v) is 6.91. The van der Waals surface area contributed by atoms with Gasteiger partial charge >= 0.3 is 0 Å². The zero-order valence-electron chi connectivity index (χ0n) is 10.5. The molecule has 0 aliphatic heterocycles. The summed E-state index contributed by atoms with van der Waals surface area (Å²) in [7, 11) is -3.76. The number of aromatic nitrogens is 1. The minimum absolute atomic E-state index is 0.0122. The number of hydrogen-bond acceptors (Lipinski definition) is 3. The molecule has 0 aromatic carbocycles. The maximum atomic E-state index is 12.2. The van der Waals surface area contributed by atoms with Crippen molar-refractivity contribution in [3.8, 4) is 0 Å². The molecule has 2 aliphatic carbocycles. The zero-order chi connectivity index (χ0) is 13.6. The molecule has 2 saturated carbocycles. The van der Waals surface area contributed by atoms with E-state index in [2.05, 4.69) is 5.32 Å². The van der Waals surface area contributed by atoms with Gasteiger partial charge in [0.2, 0.25) is 10.0 Å². The summed E-state index contributed by atoms with van der Waals surface area (Å²) < 4.78 is 24.5. The molecule has 3 rings (SSSR count). The second kappa shape index (κ2) is 4.35. The van der Waals surface area contributed by atoms with Crippen LogP contribution in [0.15, 0.2) is 17.2 Å². The van der Waals surface area contributed by atoms with Crippen molar-refractivity contribution in [2.24, 2.45) is 5.14 Å². The van der Waals surface area contributed by atoms with Crippen LogP contribution in [0.25, 0.3) is 0 Å². The van der Waals surface area contributed by atoms with E-state index in [1.165, 1.54) is 12.3 Å². The van der Waals surface area contributed by atoms with Crippen molar-refractivity contribution < 1.29 is 13.2 Å². The van der Waals surface area contributed by atoms with E-state index in [1.54, 1.807) is 4.57 Å². The minimum atomic E-state index is -3.76. The minimum Gasteiger partial charge on any atom is -0.348 e. The van der Waals surface area contributed by atoms with Crippen LogP contribution in [0.3, 0.4) is 0 Å². The summed E-state index contributed by atoms with van der Waals surface area (Å²) in [6.07, 6.45) is 6.56. The van der Waals surface area contributed by atoms with Crippen molar-refractivity contribution in [1.82, 2.24) is 9.88 Å². The monoisotopic (exact) mass is 283 g/mol. The number of sulfonamides is 1. The Hall–Kier alpha value is -1.34. The molecule has 1 aromatic heterocycles. The van der Waals surface area contributed by atoms with Gasteiger partial charge in [0.15, 0.2) is 0 Å². The van der Waals surface area contributed by atoms with E-state index < -0.39 is 10.0 Å². The van der Waals surface area contributed by atoms with E-state index in [9.17, 15) is 13.2 Å². The fraction of sp³-hybridized carbons (Fsp3) is 0.583. The quantitative estimate of drug-likeness (QED) is 0.853. The van der Waals surface area contributed by atoms with Crippen LogP contribution in [0.4, 0.5) is 0 Å². The number of hydrogen-bond donors (Lipinski definition) is 2. The van der Waals surface area contributed by atoms with Gasteiger partial charge in [-0.2, -0.15) is 0 Å². The first-order valence-corrected chi connectivity index (χ1v) is 8.05. The zero-order valence-corrected chi connectivity index (χ0v) is 11.3. The summed E-state index contributed by atoms with van der Waals surface area (Å²) >= 11 is 0. The van der Waals surface area contributed by atoms with E-state index in [4.69, 9.17) is 5.14 Å². The highest BCUT2D eigenvalue weighted by Gasteiger charge is 2.30. The number of primary sulfonamides is 1. The number of nitrogens with one attached hydrogen (secondary N) is 1. The van der Waals surface area contributed by atoms with Crippen LogP contribution in [0.1, 0.15) is 48.6 Å². The van der Waals surface area contributed by atoms with E-state index >= 15 is 0 Å². The van der Waals surface area contributed by atoms with Gasteiger partial charge in [0, 0.05) is 18.3 Å². The van der Waals surface area contributed by atoms with Crippen molar-refractivity contribution >= 4 is 15.9 Å². The van der Waals surface area contributed by atoms with Crippen molar-refractivity contribution in [2.45, 2.75) is 49.1 Å². The Labute approximate surface area is 112 Å². The Bertz CT molecular complexity index is 612. The van der Waals surface area contributed by atoms with Crippen LogP contribution >= 0.6 is 0 Å². The molecule has 104 valence electrons. The molecule has 1 heterocycles. The van der Waals surface area contributed by atoms with Crippen LogP contribution in [-0.2, 0) is 10.0 Å². The third-order valence-electron chi connectivity index (χ3n) is 3.77. The van der Waals surface area contributed by atoms with E-state index in [0.29, 0.717) is 5.69 Å². The molecular weight excluding hydrogens is 266 g/mol. The van der Waals surface area contributed by atoms with Crippen LogP contribution in [0.5, 0.6) is 0 Å². The SMILES string of the molecule is NS(=O)(=O)c1cc(C(=O)NC2CCC2)n(C2CC2)c1. The first-order valence-electron chi connectivity index (χ1n) is 6.50. The Balaban J connectivity index is 1.89. The van der Waals surface area contributed by atoms with Crippen molar-refractivity contribution in [3.05, 3.63) is 18.0 Å². The topological polar surface area (TPSA) is 94.2 Å². The molecule has 0 radical (unpaired) electrons. The highest BCUT2D eigenvalue weighted by atomic mass is 32.2. The molecular formula is C12H17N3O3S. The summed E-state index contributed by atoms with van der Waals surface area (Å²) in [5.74, 6) is -0.202. The Kier molecular flexibility index (Phi) is 2.90. The fourth-order valence-electron chi connectivity index (χ4n) is 2.26. The highest BCUT2D eigenvalue weighted by Crippen LogP contribution is 2.37. The molecule has 0 atom stereocenters. The van der Waals surface area contributed by atoms with Crippen LogP contribution in [0.2, 0.25) is 0 Å². The number of carbonyl (C=O) groups excluding carboxylic acids is 1. The van der Waals surface area contributed by atoms with E-state index in [1.807, 2.05) is 0 Å². The lowest BCUT2D eigenvalue weighted by Crippen LogP contribution is -2.40. The van der Waals surface area contributed by atoms with Crippen molar-refractivity contribution in [2.75, 3.05) is 0 Å². The van der Waals surface area contributed by atoms with Gasteiger partial charge in [0.25, 0.3) is 5.91 Å². The number of carbonyl (C=O) groups is 1. The number of nitrogens with two attached hydrogens (primary N) is 1. The predicted molar refractivity (Wildman–Crippen MR) is 69.2 cm³/mol. The third kappa shape index (κ3) is 2.52. The molecule has 0 bridgehead atoms. The average Bonchev–Trinajstić information content (AvgIpc) is 3.00. The molecule has 0 saturated heterocycles. The molecule has 1 amide bonds. The molecule has 2 fully saturated rings. The Morgan fingerprint density at radius 2 is 2.00 bits per heavy atom. The van der Waals surface area contributed by atoms with Gasteiger partial charge in [-0.3, -0.25) is 4.79 Å². The Morgan fingerprint density at radius 1 is 1.32 bits per heavy atom. The number of amides is 1. The summed E-state index contributed by atoms with van der Waals surface area (Å²) in [5.41, 5.74) is 0.401. The van der Waals surface area contributed by atoms with Crippen molar-refractivity contribution in [1.29, 1.82) is 0 Å². The number of nitrogens with zero attached hydrogens (tertiary/aromatic N) is 1. The molecule has 1 aromatic rings. The molecule has 6 nitrogen and oxygen atoms in total. The highest BCUT2D eigenvalue weighted by molar-refractivity contribution is 7.89. The number of rotatable bonds is 4. The normalized spacial score (nSPS) is 20.1. The largest absolute Gasteiger partial charge is 0.348 e. The van der Waals surface area contributed by atoms with Gasteiger partial charge in [-0.05, 0) is 38.2 Å². The Morgan fingerprint density at radius 3 is 2.47 bits per heavy atom. The molecule has 19 heavy (non-hydrogen) atoms. The first kappa shape index (κ1) is 12.7. The van der Waals surface area contributed by atoms with E-state index in [-0.39, 0.29) is 22.9 Å². The molecule has 0 unspecified atom stereocenters. The molecule has 0 spiro atoms. The van der Waals surface area contributed by atoms with Gasteiger partial charge in [0.1, 0.15) is 10.6 Å². The molecule has 2 aliphatic rings. The third-order valence-corrected chi connectivity index (χ3v) is 4.65. The summed E-state index contributed by atoms with van der Waals surface area (Å²) in [4.78, 5) is 12.2. The maximum Gasteiger partial charge on any atom is 0.268 e. The van der Waals surface area contributed by atoms with Gasteiger partial charge in [0.05, 0.1) is 0 Å². The molecule has 7 heteroatoms. The summed E-state index contributed by atoms with van der Waals surface area (Å²) in [6.45, 7) is 0. The molecule has 3 N–H and O–H groups in total. The fourth-order valence-corrected chi connectivity index (χ4v) is 2.79. The maximum absolute atomic E-state index is 12.2. The van der Waals surface area contributed by atoms with E-state index in [0.717, 1.165) is 32.1 Å². The van der Waals surface area contributed by atoms with Crippen molar-refractivity contribution in [3.63, 3.8) is 0 Å².